The molecule has 3 heteroatoms. The fourth-order valence-electron chi connectivity index (χ4n) is 1.58. The number of nitrogen functional groups attached to an aromatic ring is 1. The van der Waals surface area contributed by atoms with Gasteiger partial charge in [0.2, 0.25) is 0 Å². The van der Waals surface area contributed by atoms with Crippen molar-refractivity contribution in [1.82, 2.24) is 0 Å². The minimum absolute atomic E-state index is 0.0838. The first kappa shape index (κ1) is 12.7. The highest BCUT2D eigenvalue weighted by molar-refractivity contribution is 5.73. The van der Waals surface area contributed by atoms with Crippen LogP contribution in [0.2, 0.25) is 0 Å². The predicted octanol–water partition coefficient (Wildman–Crippen LogP) is 3.27. The topological polar surface area (TPSA) is 47.3 Å². The Morgan fingerprint density at radius 3 is 2.44 bits per heavy atom. The maximum Gasteiger partial charge on any atom is 0.143 e. The molecule has 90 valence electrons. The summed E-state index contributed by atoms with van der Waals surface area (Å²) in [4.78, 5) is 0. The lowest BCUT2D eigenvalue weighted by Crippen LogP contribution is -2.33. The summed E-state index contributed by atoms with van der Waals surface area (Å²) in [6, 6.07) is 5.81. The van der Waals surface area contributed by atoms with Gasteiger partial charge in [-0.25, -0.2) is 0 Å². The van der Waals surface area contributed by atoms with E-state index in [9.17, 15) is 0 Å². The summed E-state index contributed by atoms with van der Waals surface area (Å²) in [6.07, 6.45) is 2.11. The highest BCUT2D eigenvalue weighted by atomic mass is 16.5. The summed E-state index contributed by atoms with van der Waals surface area (Å²) in [5.41, 5.74) is 7.74. The van der Waals surface area contributed by atoms with Gasteiger partial charge >= 0.3 is 0 Å². The predicted molar refractivity (Wildman–Crippen MR) is 70.0 cm³/mol. The fourth-order valence-corrected chi connectivity index (χ4v) is 1.58. The molecule has 0 amide bonds. The molecule has 1 rings (SSSR count). The number of nitrogens with two attached hydrogens (primary N) is 1. The van der Waals surface area contributed by atoms with E-state index in [1.165, 1.54) is 0 Å². The summed E-state index contributed by atoms with van der Waals surface area (Å²) >= 11 is 0. The van der Waals surface area contributed by atoms with E-state index in [1.807, 2.05) is 18.2 Å². The molecule has 0 aliphatic carbocycles. The molecule has 0 radical (unpaired) electrons. The number of methoxy groups -OCH3 is 1. The molecule has 0 unspecified atom stereocenters. The van der Waals surface area contributed by atoms with E-state index in [-0.39, 0.29) is 5.54 Å². The van der Waals surface area contributed by atoms with E-state index < -0.39 is 0 Å². The Morgan fingerprint density at radius 1 is 1.31 bits per heavy atom. The molecule has 0 atom stereocenters. The third kappa shape index (κ3) is 2.60. The lowest BCUT2D eigenvalue weighted by molar-refractivity contribution is 0.416. The van der Waals surface area contributed by atoms with Crippen LogP contribution in [0, 0.1) is 0 Å². The van der Waals surface area contributed by atoms with Gasteiger partial charge in [-0.3, -0.25) is 0 Å². The monoisotopic (exact) mass is 222 g/mol. The Hall–Kier alpha value is -1.38. The number of hydrogen-bond acceptors (Lipinski definition) is 3. The molecule has 0 aromatic heterocycles. The minimum atomic E-state index is 0.0838. The molecule has 3 nitrogen and oxygen atoms in total. The van der Waals surface area contributed by atoms with Gasteiger partial charge in [0.25, 0.3) is 0 Å². The normalized spacial score (nSPS) is 11.2. The average molecular weight is 222 g/mol. The van der Waals surface area contributed by atoms with E-state index in [0.717, 1.165) is 24.3 Å². The highest BCUT2D eigenvalue weighted by Gasteiger charge is 2.20. The summed E-state index contributed by atoms with van der Waals surface area (Å²) in [5, 5.41) is 3.49. The molecule has 0 saturated heterocycles. The van der Waals surface area contributed by atoms with Crippen molar-refractivity contribution < 1.29 is 4.74 Å². The number of nitrogens with one attached hydrogen (secondary N) is 1. The molecule has 0 bridgehead atoms. The van der Waals surface area contributed by atoms with Gasteiger partial charge in [-0.2, -0.15) is 0 Å². The molecular weight excluding hydrogens is 200 g/mol. The quantitative estimate of drug-likeness (QED) is 0.752. The highest BCUT2D eigenvalue weighted by Crippen LogP contribution is 2.32. The van der Waals surface area contributed by atoms with E-state index in [4.69, 9.17) is 10.5 Å². The first-order valence-electron chi connectivity index (χ1n) is 5.77. The Bertz CT molecular complexity index is 346. The van der Waals surface area contributed by atoms with Crippen molar-refractivity contribution in [2.45, 2.75) is 39.2 Å². The van der Waals surface area contributed by atoms with Crippen LogP contribution in [0.3, 0.4) is 0 Å². The second-order valence-corrected chi connectivity index (χ2v) is 4.31. The zero-order valence-electron chi connectivity index (χ0n) is 10.6. The van der Waals surface area contributed by atoms with Gasteiger partial charge in [-0.05, 0) is 31.9 Å². The average Bonchev–Trinajstić information content (AvgIpc) is 2.32. The van der Waals surface area contributed by atoms with Crippen LogP contribution in [0.25, 0.3) is 0 Å². The zero-order chi connectivity index (χ0) is 12.2. The van der Waals surface area contributed by atoms with Crippen LogP contribution in [-0.4, -0.2) is 12.6 Å². The number of anilines is 2. The number of rotatable bonds is 5. The molecule has 0 spiro atoms. The van der Waals surface area contributed by atoms with Crippen molar-refractivity contribution >= 4 is 11.4 Å². The zero-order valence-corrected chi connectivity index (χ0v) is 10.6. The van der Waals surface area contributed by atoms with Crippen molar-refractivity contribution in [3.8, 4) is 5.75 Å². The van der Waals surface area contributed by atoms with Crippen LogP contribution in [0.15, 0.2) is 18.2 Å². The Morgan fingerprint density at radius 2 is 1.94 bits per heavy atom. The van der Waals surface area contributed by atoms with Gasteiger partial charge in [0.1, 0.15) is 5.75 Å². The lowest BCUT2D eigenvalue weighted by Gasteiger charge is -2.30. The third-order valence-electron chi connectivity index (χ3n) is 3.28. The van der Waals surface area contributed by atoms with Crippen molar-refractivity contribution in [2.24, 2.45) is 0 Å². The molecule has 0 aliphatic rings. The molecule has 0 heterocycles. The smallest absolute Gasteiger partial charge is 0.143 e. The maximum atomic E-state index is 6.02. The standard InChI is InChI=1S/C13H22N2O/c1-5-13(3,6-2)15-10-8-7-9-11(16-4)12(10)14/h7-9,15H,5-6,14H2,1-4H3. The lowest BCUT2D eigenvalue weighted by atomic mass is 9.95. The van der Waals surface area contributed by atoms with Gasteiger partial charge < -0.3 is 15.8 Å². The summed E-state index contributed by atoms with van der Waals surface area (Å²) in [6.45, 7) is 6.55. The summed E-state index contributed by atoms with van der Waals surface area (Å²) in [7, 11) is 1.63. The number of para-hydroxylation sites is 1. The SMILES string of the molecule is CCC(C)(CC)Nc1cccc(OC)c1N. The van der Waals surface area contributed by atoms with E-state index in [1.54, 1.807) is 7.11 Å². The second-order valence-electron chi connectivity index (χ2n) is 4.31. The van der Waals surface area contributed by atoms with Crippen LogP contribution in [0.5, 0.6) is 5.75 Å². The van der Waals surface area contributed by atoms with Gasteiger partial charge in [-0.15, -0.1) is 0 Å². The first-order chi connectivity index (χ1) is 7.56. The van der Waals surface area contributed by atoms with Gasteiger partial charge in [0.15, 0.2) is 0 Å². The van der Waals surface area contributed by atoms with Crippen LogP contribution in [0.4, 0.5) is 11.4 Å². The first-order valence-corrected chi connectivity index (χ1v) is 5.77. The Labute approximate surface area is 98.0 Å². The third-order valence-corrected chi connectivity index (χ3v) is 3.28. The molecule has 1 aromatic carbocycles. The van der Waals surface area contributed by atoms with Crippen molar-refractivity contribution in [3.05, 3.63) is 18.2 Å². The molecule has 3 N–H and O–H groups in total. The van der Waals surface area contributed by atoms with Crippen LogP contribution in [0.1, 0.15) is 33.6 Å². The maximum absolute atomic E-state index is 6.02. The molecule has 1 aromatic rings. The minimum Gasteiger partial charge on any atom is -0.495 e. The summed E-state index contributed by atoms with van der Waals surface area (Å²) in [5.74, 6) is 0.722. The Balaban J connectivity index is 2.97. The van der Waals surface area contributed by atoms with Gasteiger partial charge in [-0.1, -0.05) is 19.9 Å². The van der Waals surface area contributed by atoms with Crippen LogP contribution < -0.4 is 15.8 Å². The van der Waals surface area contributed by atoms with Gasteiger partial charge in [0.05, 0.1) is 18.5 Å². The van der Waals surface area contributed by atoms with E-state index in [0.29, 0.717) is 5.69 Å². The van der Waals surface area contributed by atoms with Crippen molar-refractivity contribution in [3.63, 3.8) is 0 Å². The van der Waals surface area contributed by atoms with Crippen molar-refractivity contribution in [1.29, 1.82) is 0 Å². The van der Waals surface area contributed by atoms with E-state index >= 15 is 0 Å². The molecule has 0 aliphatic heterocycles. The molecular formula is C13H22N2O. The number of benzene rings is 1. The Kier molecular flexibility index (Phi) is 4.05. The summed E-state index contributed by atoms with van der Waals surface area (Å²) < 4.78 is 5.20. The largest absolute Gasteiger partial charge is 0.495 e. The number of ether oxygens (including phenoxy) is 1. The molecule has 0 fully saturated rings. The second kappa shape index (κ2) is 5.10. The van der Waals surface area contributed by atoms with Crippen LogP contribution >= 0.6 is 0 Å². The van der Waals surface area contributed by atoms with E-state index in [2.05, 4.69) is 26.1 Å². The number of hydrogen-bond donors (Lipinski definition) is 2. The molecule has 0 saturated carbocycles. The molecule has 16 heavy (non-hydrogen) atoms. The van der Waals surface area contributed by atoms with Gasteiger partial charge in [0, 0.05) is 5.54 Å². The van der Waals surface area contributed by atoms with Crippen LogP contribution in [-0.2, 0) is 0 Å². The van der Waals surface area contributed by atoms with Crippen molar-refractivity contribution in [2.75, 3.05) is 18.2 Å². The fraction of sp³-hybridized carbons (Fsp3) is 0.538.